The van der Waals surface area contributed by atoms with Crippen LogP contribution in [0.2, 0.25) is 0 Å². The maximum absolute atomic E-state index is 13.2. The lowest BCUT2D eigenvalue weighted by molar-refractivity contribution is -0.149. The molecule has 2 aromatic rings. The molecular weight excluding hydrogens is 536 g/mol. The molecule has 0 amide bonds. The zero-order chi connectivity index (χ0) is 31.8. The highest BCUT2D eigenvalue weighted by Crippen LogP contribution is 2.29. The zero-order valence-corrected chi connectivity index (χ0v) is 26.1. The van der Waals surface area contributed by atoms with Gasteiger partial charge in [0, 0.05) is 51.8 Å². The van der Waals surface area contributed by atoms with Crippen molar-refractivity contribution >= 4 is 23.7 Å². The first-order valence-corrected chi connectivity index (χ1v) is 13.8. The van der Waals surface area contributed by atoms with Crippen LogP contribution < -0.4 is 11.2 Å². The fourth-order valence-corrected chi connectivity index (χ4v) is 4.47. The third kappa shape index (κ3) is 9.37. The van der Waals surface area contributed by atoms with E-state index in [2.05, 4.69) is 15.5 Å². The minimum atomic E-state index is -1.41. The van der Waals surface area contributed by atoms with Crippen LogP contribution in [-0.2, 0) is 9.63 Å². The van der Waals surface area contributed by atoms with Crippen LogP contribution in [0.15, 0.2) is 64.6 Å². The van der Waals surface area contributed by atoms with Crippen molar-refractivity contribution in [1.29, 1.82) is 0 Å². The molecule has 2 rings (SSSR count). The fraction of sp³-hybridized carbons (Fsp3) is 0.484. The summed E-state index contributed by atoms with van der Waals surface area (Å²) >= 11 is 0. The number of carbonyl (C=O) groups is 2. The van der Waals surface area contributed by atoms with Gasteiger partial charge in [0.05, 0.1) is 23.2 Å². The molecule has 0 aromatic heterocycles. The van der Waals surface area contributed by atoms with E-state index in [9.17, 15) is 19.8 Å². The molecule has 3 unspecified atom stereocenters. The number of nitrogens with one attached hydrogen (secondary N) is 1. The van der Waals surface area contributed by atoms with E-state index in [0.717, 1.165) is 0 Å². The molecule has 0 saturated heterocycles. The van der Waals surface area contributed by atoms with Gasteiger partial charge >= 0.3 is 5.97 Å². The number of hydrogen-bond acceptors (Lipinski definition) is 7. The molecule has 0 aliphatic rings. The van der Waals surface area contributed by atoms with E-state index in [1.54, 1.807) is 121 Å². The molecule has 0 bridgehead atoms. The smallest absolute Gasteiger partial charge is 0.339 e. The maximum Gasteiger partial charge on any atom is 0.339 e. The normalized spacial score (nSPS) is 14.3. The lowest BCUT2D eigenvalue weighted by Crippen LogP contribution is -2.52. The highest BCUT2D eigenvalue weighted by molar-refractivity contribution is 6.09. The topological polar surface area (TPSA) is 153 Å². The Morgan fingerprint density at radius 1 is 0.929 bits per heavy atom. The Kier molecular flexibility index (Phi) is 11.8. The Morgan fingerprint density at radius 3 is 2.00 bits per heavy atom. The first-order chi connectivity index (χ1) is 19.5. The van der Waals surface area contributed by atoms with E-state index in [1.165, 1.54) is 0 Å². The van der Waals surface area contributed by atoms with Crippen LogP contribution in [-0.4, -0.2) is 95.7 Å². The summed E-state index contributed by atoms with van der Waals surface area (Å²) in [6.07, 6.45) is 0. The summed E-state index contributed by atoms with van der Waals surface area (Å²) < 4.78 is 0. The Bertz CT molecular complexity index is 1250. The number of rotatable bonds is 9. The number of nitrogens with zero attached hydrogens (tertiary/aromatic N) is 4. The number of aliphatic hydroxyl groups is 2. The SMILES string of the molecule is CC(C(=O)ONC(=NC(C(CN)C(C)(C)O)C(C)(C)O)N=C(N(C)C)N(C)C)c1cccc(C(=O)c2ccccc2)c1. The van der Waals surface area contributed by atoms with Crippen molar-refractivity contribution in [3.05, 3.63) is 71.3 Å². The van der Waals surface area contributed by atoms with Gasteiger partial charge in [0.15, 0.2) is 5.78 Å². The Labute approximate surface area is 249 Å². The predicted molar refractivity (Wildman–Crippen MR) is 165 cm³/mol. The van der Waals surface area contributed by atoms with Gasteiger partial charge in [-0.3, -0.25) is 4.79 Å². The number of hydroxylamine groups is 1. The minimum Gasteiger partial charge on any atom is -0.390 e. The molecule has 2 aromatic carbocycles. The third-order valence-electron chi connectivity index (χ3n) is 6.81. The highest BCUT2D eigenvalue weighted by atomic mass is 16.7. The minimum absolute atomic E-state index is 0.0295. The number of benzene rings is 2. The standard InChI is InChI=1S/C31H46N6O5/c1-20(22-16-13-17-23(18-22)25(38)21-14-11-10-12-15-21)27(39)42-35-28(34-29(36(6)7)37(8)9)33-26(31(4,5)41)24(19-32)30(2,3)40/h10-18,20,24,26,40-41H,19,32H2,1-9H3,(H,33,35). The van der Waals surface area contributed by atoms with Gasteiger partial charge in [-0.2, -0.15) is 10.5 Å². The number of ketones is 1. The van der Waals surface area contributed by atoms with Gasteiger partial charge in [0.2, 0.25) is 5.96 Å². The molecule has 0 aliphatic heterocycles. The summed E-state index contributed by atoms with van der Waals surface area (Å²) in [7, 11) is 7.17. The molecule has 0 aliphatic carbocycles. The van der Waals surface area contributed by atoms with Crippen LogP contribution in [0, 0.1) is 5.92 Å². The quantitative estimate of drug-likeness (QED) is 0.151. The monoisotopic (exact) mass is 582 g/mol. The van der Waals surface area contributed by atoms with Gasteiger partial charge < -0.3 is 30.6 Å². The summed E-state index contributed by atoms with van der Waals surface area (Å²) in [5.74, 6) is -1.83. The summed E-state index contributed by atoms with van der Waals surface area (Å²) in [4.78, 5) is 44.2. The summed E-state index contributed by atoms with van der Waals surface area (Å²) in [6.45, 7) is 8.01. The van der Waals surface area contributed by atoms with E-state index in [-0.39, 0.29) is 18.3 Å². The van der Waals surface area contributed by atoms with Crippen molar-refractivity contribution in [2.45, 2.75) is 57.8 Å². The van der Waals surface area contributed by atoms with E-state index in [0.29, 0.717) is 22.6 Å². The second-order valence-corrected chi connectivity index (χ2v) is 11.8. The van der Waals surface area contributed by atoms with Gasteiger partial charge in [-0.1, -0.05) is 48.5 Å². The van der Waals surface area contributed by atoms with Crippen LogP contribution in [0.4, 0.5) is 0 Å². The van der Waals surface area contributed by atoms with Crippen molar-refractivity contribution in [3.63, 3.8) is 0 Å². The Hall–Kier alpha value is -3.80. The van der Waals surface area contributed by atoms with E-state index in [1.807, 2.05) is 6.07 Å². The van der Waals surface area contributed by atoms with Crippen molar-refractivity contribution in [2.24, 2.45) is 21.6 Å². The summed E-state index contributed by atoms with van der Waals surface area (Å²) in [5.41, 5.74) is 7.47. The zero-order valence-electron chi connectivity index (χ0n) is 26.1. The predicted octanol–water partition coefficient (Wildman–Crippen LogP) is 2.39. The molecule has 0 spiro atoms. The average molecular weight is 583 g/mol. The van der Waals surface area contributed by atoms with Gasteiger partial charge in [-0.05, 0) is 46.2 Å². The third-order valence-corrected chi connectivity index (χ3v) is 6.81. The molecule has 42 heavy (non-hydrogen) atoms. The molecule has 0 fully saturated rings. The molecule has 0 radical (unpaired) electrons. The number of guanidine groups is 2. The maximum atomic E-state index is 13.2. The molecule has 230 valence electrons. The summed E-state index contributed by atoms with van der Waals surface area (Å²) in [6, 6.07) is 14.8. The molecule has 3 atom stereocenters. The largest absolute Gasteiger partial charge is 0.390 e. The van der Waals surface area contributed by atoms with Crippen LogP contribution >= 0.6 is 0 Å². The fourth-order valence-electron chi connectivity index (χ4n) is 4.47. The molecule has 11 heteroatoms. The van der Waals surface area contributed by atoms with Crippen molar-refractivity contribution in [2.75, 3.05) is 34.7 Å². The first kappa shape index (κ1) is 34.4. The summed E-state index contributed by atoms with van der Waals surface area (Å²) in [5, 5.41) is 21.8. The van der Waals surface area contributed by atoms with Gasteiger partial charge in [-0.25, -0.2) is 9.79 Å². The van der Waals surface area contributed by atoms with Crippen LogP contribution in [0.25, 0.3) is 0 Å². The molecule has 0 heterocycles. The van der Waals surface area contributed by atoms with Gasteiger partial charge in [0.1, 0.15) is 0 Å². The first-order valence-electron chi connectivity index (χ1n) is 13.8. The molecular formula is C31H46N6O5. The van der Waals surface area contributed by atoms with Crippen LogP contribution in [0.5, 0.6) is 0 Å². The van der Waals surface area contributed by atoms with Crippen molar-refractivity contribution in [3.8, 4) is 0 Å². The second-order valence-electron chi connectivity index (χ2n) is 11.8. The number of aliphatic imine (C=N–C) groups is 2. The highest BCUT2D eigenvalue weighted by Gasteiger charge is 2.41. The Balaban J connectivity index is 2.42. The van der Waals surface area contributed by atoms with Gasteiger partial charge in [-0.15, -0.1) is 0 Å². The number of hydrogen-bond donors (Lipinski definition) is 4. The van der Waals surface area contributed by atoms with E-state index in [4.69, 9.17) is 10.6 Å². The lowest BCUT2D eigenvalue weighted by atomic mass is 9.78. The van der Waals surface area contributed by atoms with Crippen LogP contribution in [0.1, 0.15) is 62.0 Å². The van der Waals surface area contributed by atoms with Gasteiger partial charge in [0.25, 0.3) is 5.96 Å². The molecule has 11 nitrogen and oxygen atoms in total. The Morgan fingerprint density at radius 2 is 1.50 bits per heavy atom. The van der Waals surface area contributed by atoms with E-state index < -0.39 is 35.0 Å². The van der Waals surface area contributed by atoms with Crippen LogP contribution in [0.3, 0.4) is 0 Å². The lowest BCUT2D eigenvalue weighted by Gasteiger charge is -2.39. The average Bonchev–Trinajstić information content (AvgIpc) is 2.91. The molecule has 0 saturated carbocycles. The second kappa shape index (κ2) is 14.4. The van der Waals surface area contributed by atoms with Crippen molar-refractivity contribution < 1.29 is 24.6 Å². The molecule has 5 N–H and O–H groups in total. The van der Waals surface area contributed by atoms with Crippen molar-refractivity contribution in [1.82, 2.24) is 15.3 Å². The van der Waals surface area contributed by atoms with E-state index >= 15 is 0 Å². The number of nitrogens with two attached hydrogens (primary N) is 1. The number of carbonyl (C=O) groups excluding carboxylic acids is 2.